The molecule has 3 nitrogen and oxygen atoms in total. The van der Waals surface area contributed by atoms with Gasteiger partial charge in [0, 0.05) is 19.1 Å². The summed E-state index contributed by atoms with van der Waals surface area (Å²) in [4.78, 5) is 2.15. The van der Waals surface area contributed by atoms with E-state index in [1.165, 1.54) is 0 Å². The largest absolute Gasteiger partial charge is 0.392 e. The highest BCUT2D eigenvalue weighted by Crippen LogP contribution is 2.07. The van der Waals surface area contributed by atoms with Crippen LogP contribution in [0.1, 0.15) is 6.42 Å². The Kier molecular flexibility index (Phi) is 2.65. The molecular weight excluding hydrogens is 128 g/mol. The molecule has 0 spiro atoms. The van der Waals surface area contributed by atoms with Crippen LogP contribution >= 0.6 is 0 Å². The van der Waals surface area contributed by atoms with Crippen molar-refractivity contribution >= 4 is 0 Å². The molecule has 0 unspecified atom stereocenters. The van der Waals surface area contributed by atoms with E-state index in [0.717, 1.165) is 19.5 Å². The van der Waals surface area contributed by atoms with E-state index in [1.807, 2.05) is 14.1 Å². The molecule has 0 radical (unpaired) electrons. The minimum atomic E-state index is -0.142. The van der Waals surface area contributed by atoms with Crippen LogP contribution in [0.4, 0.5) is 0 Å². The van der Waals surface area contributed by atoms with Crippen molar-refractivity contribution in [2.75, 3.05) is 27.2 Å². The highest BCUT2D eigenvalue weighted by atomic mass is 16.3. The molecule has 1 aliphatic heterocycles. The van der Waals surface area contributed by atoms with Crippen LogP contribution in [0.2, 0.25) is 0 Å². The standard InChI is InChI=1S/C7H16N2O/c1-8-6-3-7(10)5-9(2)4-6/h6-8,10H,3-5H2,1-2H3/t6-,7-/m1/s1. The summed E-state index contributed by atoms with van der Waals surface area (Å²) in [7, 11) is 3.98. The summed E-state index contributed by atoms with van der Waals surface area (Å²) in [5.41, 5.74) is 0. The highest BCUT2D eigenvalue weighted by Gasteiger charge is 2.21. The van der Waals surface area contributed by atoms with Crippen LogP contribution in [-0.2, 0) is 0 Å². The van der Waals surface area contributed by atoms with Gasteiger partial charge in [0.1, 0.15) is 0 Å². The molecule has 2 N–H and O–H groups in total. The summed E-state index contributed by atoms with van der Waals surface area (Å²) in [6, 6.07) is 0.466. The molecule has 10 heavy (non-hydrogen) atoms. The van der Waals surface area contributed by atoms with E-state index in [0.29, 0.717) is 6.04 Å². The summed E-state index contributed by atoms with van der Waals surface area (Å²) in [6.45, 7) is 1.87. The Hall–Kier alpha value is -0.120. The molecule has 1 aliphatic rings. The van der Waals surface area contributed by atoms with Crippen molar-refractivity contribution < 1.29 is 5.11 Å². The van der Waals surface area contributed by atoms with Crippen molar-refractivity contribution in [3.8, 4) is 0 Å². The normalized spacial score (nSPS) is 36.3. The second kappa shape index (κ2) is 3.32. The zero-order valence-corrected chi connectivity index (χ0v) is 6.67. The predicted molar refractivity (Wildman–Crippen MR) is 41.0 cm³/mol. The van der Waals surface area contributed by atoms with Crippen LogP contribution in [0.3, 0.4) is 0 Å². The molecule has 0 aromatic rings. The van der Waals surface area contributed by atoms with Gasteiger partial charge in [-0.3, -0.25) is 0 Å². The van der Waals surface area contributed by atoms with E-state index in [1.54, 1.807) is 0 Å². The third-order valence-corrected chi connectivity index (χ3v) is 2.02. The summed E-state index contributed by atoms with van der Waals surface area (Å²) < 4.78 is 0. The molecular formula is C7H16N2O. The fourth-order valence-corrected chi connectivity index (χ4v) is 1.50. The number of β-amino-alcohol motifs (C(OH)–C–C–N with tert-alkyl or cyclic N) is 1. The molecule has 1 saturated heterocycles. The summed E-state index contributed by atoms with van der Waals surface area (Å²) in [5.74, 6) is 0. The first kappa shape index (κ1) is 7.98. The third kappa shape index (κ3) is 1.94. The quantitative estimate of drug-likeness (QED) is 0.509. The minimum absolute atomic E-state index is 0.142. The van der Waals surface area contributed by atoms with Gasteiger partial charge in [-0.25, -0.2) is 0 Å². The van der Waals surface area contributed by atoms with Crippen LogP contribution in [0, 0.1) is 0 Å². The Labute approximate surface area is 62.0 Å². The number of aliphatic hydroxyl groups is 1. The van der Waals surface area contributed by atoms with Gasteiger partial charge in [-0.05, 0) is 20.5 Å². The molecule has 0 aromatic heterocycles. The Morgan fingerprint density at radius 3 is 2.70 bits per heavy atom. The maximum Gasteiger partial charge on any atom is 0.0682 e. The van der Waals surface area contributed by atoms with Crippen molar-refractivity contribution in [3.05, 3.63) is 0 Å². The van der Waals surface area contributed by atoms with Gasteiger partial charge in [-0.15, -0.1) is 0 Å². The van der Waals surface area contributed by atoms with Gasteiger partial charge in [0.15, 0.2) is 0 Å². The Morgan fingerprint density at radius 2 is 2.20 bits per heavy atom. The maximum atomic E-state index is 9.30. The Morgan fingerprint density at radius 1 is 1.50 bits per heavy atom. The Balaban J connectivity index is 2.35. The number of nitrogens with one attached hydrogen (secondary N) is 1. The first-order valence-electron chi connectivity index (χ1n) is 3.76. The number of nitrogens with zero attached hydrogens (tertiary/aromatic N) is 1. The number of hydrogen-bond donors (Lipinski definition) is 2. The van der Waals surface area contributed by atoms with Crippen molar-refractivity contribution in [2.45, 2.75) is 18.6 Å². The number of rotatable bonds is 1. The first-order chi connectivity index (χ1) is 4.72. The van der Waals surface area contributed by atoms with E-state index >= 15 is 0 Å². The van der Waals surface area contributed by atoms with E-state index in [4.69, 9.17) is 0 Å². The molecule has 0 bridgehead atoms. The van der Waals surface area contributed by atoms with Gasteiger partial charge in [0.05, 0.1) is 6.10 Å². The third-order valence-electron chi connectivity index (χ3n) is 2.02. The first-order valence-corrected chi connectivity index (χ1v) is 3.76. The van der Waals surface area contributed by atoms with Crippen molar-refractivity contribution in [3.63, 3.8) is 0 Å². The van der Waals surface area contributed by atoms with E-state index in [9.17, 15) is 5.11 Å². The van der Waals surface area contributed by atoms with E-state index in [-0.39, 0.29) is 6.10 Å². The second-order valence-electron chi connectivity index (χ2n) is 3.10. The van der Waals surface area contributed by atoms with Gasteiger partial charge >= 0.3 is 0 Å². The van der Waals surface area contributed by atoms with Gasteiger partial charge in [-0.1, -0.05) is 0 Å². The number of likely N-dealkylation sites (tertiary alicyclic amines) is 1. The molecule has 2 atom stereocenters. The molecule has 0 aliphatic carbocycles. The van der Waals surface area contributed by atoms with Crippen LogP contribution in [0.15, 0.2) is 0 Å². The van der Waals surface area contributed by atoms with Crippen LogP contribution in [0.5, 0.6) is 0 Å². The lowest BCUT2D eigenvalue weighted by atomic mass is 10.0. The number of piperidine rings is 1. The molecule has 3 heteroatoms. The number of aliphatic hydroxyl groups excluding tert-OH is 1. The topological polar surface area (TPSA) is 35.5 Å². The molecule has 60 valence electrons. The monoisotopic (exact) mass is 144 g/mol. The molecule has 1 fully saturated rings. The smallest absolute Gasteiger partial charge is 0.0682 e. The van der Waals surface area contributed by atoms with E-state index in [2.05, 4.69) is 10.2 Å². The SMILES string of the molecule is CN[C@@H]1C[C@@H](O)CN(C)C1. The molecule has 0 aromatic carbocycles. The minimum Gasteiger partial charge on any atom is -0.392 e. The van der Waals surface area contributed by atoms with Crippen LogP contribution in [0.25, 0.3) is 0 Å². The van der Waals surface area contributed by atoms with Gasteiger partial charge in [-0.2, -0.15) is 0 Å². The lowest BCUT2D eigenvalue weighted by Crippen LogP contribution is -2.48. The summed E-state index contributed by atoms with van der Waals surface area (Å²) in [5, 5.41) is 12.5. The lowest BCUT2D eigenvalue weighted by Gasteiger charge is -2.32. The van der Waals surface area contributed by atoms with Crippen molar-refractivity contribution in [1.82, 2.24) is 10.2 Å². The predicted octanol–water partition coefficient (Wildman–Crippen LogP) is -0.729. The number of hydrogen-bond acceptors (Lipinski definition) is 3. The van der Waals surface area contributed by atoms with Crippen LogP contribution < -0.4 is 5.32 Å². The zero-order valence-electron chi connectivity index (χ0n) is 6.67. The fourth-order valence-electron chi connectivity index (χ4n) is 1.50. The van der Waals surface area contributed by atoms with Crippen molar-refractivity contribution in [1.29, 1.82) is 0 Å². The van der Waals surface area contributed by atoms with Crippen LogP contribution in [-0.4, -0.2) is 49.3 Å². The van der Waals surface area contributed by atoms with Gasteiger partial charge < -0.3 is 15.3 Å². The second-order valence-corrected chi connectivity index (χ2v) is 3.10. The zero-order chi connectivity index (χ0) is 7.56. The Bertz CT molecular complexity index is 97.8. The molecule has 0 saturated carbocycles. The van der Waals surface area contributed by atoms with E-state index < -0.39 is 0 Å². The lowest BCUT2D eigenvalue weighted by molar-refractivity contribution is 0.0671. The molecule has 0 amide bonds. The molecule has 1 rings (SSSR count). The van der Waals surface area contributed by atoms with Gasteiger partial charge in [0.2, 0.25) is 0 Å². The van der Waals surface area contributed by atoms with Gasteiger partial charge in [0.25, 0.3) is 0 Å². The highest BCUT2D eigenvalue weighted by molar-refractivity contribution is 4.80. The summed E-state index contributed by atoms with van der Waals surface area (Å²) in [6.07, 6.45) is 0.747. The molecule has 1 heterocycles. The average Bonchev–Trinajstić information content (AvgIpc) is 1.85. The summed E-state index contributed by atoms with van der Waals surface area (Å²) >= 11 is 0. The maximum absolute atomic E-state index is 9.30. The van der Waals surface area contributed by atoms with Crippen molar-refractivity contribution in [2.24, 2.45) is 0 Å². The average molecular weight is 144 g/mol. The number of likely N-dealkylation sites (N-methyl/N-ethyl adjacent to an activating group) is 2. The fraction of sp³-hybridized carbons (Fsp3) is 1.00.